The summed E-state index contributed by atoms with van der Waals surface area (Å²) in [5.74, 6) is -0.420. The molecule has 3 aliphatic rings. The zero-order valence-corrected chi connectivity index (χ0v) is 14.3. The van der Waals surface area contributed by atoms with Gasteiger partial charge < -0.3 is 9.80 Å². The Morgan fingerprint density at radius 1 is 1.20 bits per heavy atom. The van der Waals surface area contributed by atoms with Crippen LogP contribution in [0, 0.1) is 12.8 Å². The van der Waals surface area contributed by atoms with Gasteiger partial charge in [0, 0.05) is 38.1 Å². The molecule has 0 spiro atoms. The summed E-state index contributed by atoms with van der Waals surface area (Å²) in [6.45, 7) is 2.64. The number of hydrogen-bond acceptors (Lipinski definition) is 4. The summed E-state index contributed by atoms with van der Waals surface area (Å²) in [4.78, 5) is 45.8. The van der Waals surface area contributed by atoms with E-state index >= 15 is 0 Å². The molecule has 7 heteroatoms. The van der Waals surface area contributed by atoms with Crippen LogP contribution in [0.3, 0.4) is 0 Å². The molecule has 0 N–H and O–H groups in total. The van der Waals surface area contributed by atoms with Crippen LogP contribution < -0.4 is 5.56 Å². The molecule has 130 valence electrons. The Hall–Kier alpha value is -2.70. The van der Waals surface area contributed by atoms with Crippen LogP contribution in [0.25, 0.3) is 5.65 Å². The summed E-state index contributed by atoms with van der Waals surface area (Å²) in [5, 5.41) is 0. The number of aromatic nitrogens is 2. The minimum Gasteiger partial charge on any atom is -0.341 e. The van der Waals surface area contributed by atoms with Crippen LogP contribution in [0.4, 0.5) is 0 Å². The number of nitrogens with zero attached hydrogens (tertiary/aromatic N) is 4. The van der Waals surface area contributed by atoms with Gasteiger partial charge >= 0.3 is 0 Å². The normalized spacial score (nSPS) is 23.2. The summed E-state index contributed by atoms with van der Waals surface area (Å²) >= 11 is 0. The van der Waals surface area contributed by atoms with E-state index in [0.717, 1.165) is 18.5 Å². The number of hydrogen-bond donors (Lipinski definition) is 0. The average Bonchev–Trinajstić information content (AvgIpc) is 2.88. The molecule has 0 aromatic carbocycles. The molecule has 2 bridgehead atoms. The molecule has 2 amide bonds. The number of fused-ring (bicyclic) bond motifs is 5. The van der Waals surface area contributed by atoms with Gasteiger partial charge in [-0.25, -0.2) is 4.98 Å². The van der Waals surface area contributed by atoms with Crippen LogP contribution in [0.1, 0.15) is 28.9 Å². The average molecular weight is 340 g/mol. The molecule has 0 unspecified atom stereocenters. The van der Waals surface area contributed by atoms with Crippen LogP contribution in [0.5, 0.6) is 0 Å². The van der Waals surface area contributed by atoms with E-state index in [0.29, 0.717) is 18.7 Å². The van der Waals surface area contributed by atoms with Gasteiger partial charge in [-0.15, -0.1) is 0 Å². The zero-order chi connectivity index (χ0) is 17.7. The van der Waals surface area contributed by atoms with Crippen molar-refractivity contribution >= 4 is 17.5 Å². The first-order valence-corrected chi connectivity index (χ1v) is 8.50. The Morgan fingerprint density at radius 3 is 2.80 bits per heavy atom. The molecule has 0 radical (unpaired) electrons. The van der Waals surface area contributed by atoms with Gasteiger partial charge in [-0.2, -0.15) is 0 Å². The largest absolute Gasteiger partial charge is 0.341 e. The van der Waals surface area contributed by atoms with Gasteiger partial charge in [-0.05, 0) is 31.9 Å². The Kier molecular flexibility index (Phi) is 3.59. The van der Waals surface area contributed by atoms with Gasteiger partial charge in [0.2, 0.25) is 5.91 Å². The van der Waals surface area contributed by atoms with E-state index in [-0.39, 0.29) is 34.9 Å². The predicted molar refractivity (Wildman–Crippen MR) is 91.4 cm³/mol. The molecule has 5 rings (SSSR count). The first-order chi connectivity index (χ1) is 12.0. The smallest absolute Gasteiger partial charge is 0.270 e. The van der Waals surface area contributed by atoms with E-state index in [1.807, 2.05) is 19.1 Å². The van der Waals surface area contributed by atoms with Crippen LogP contribution in [-0.4, -0.2) is 57.2 Å². The van der Waals surface area contributed by atoms with Crippen LogP contribution in [-0.2, 0) is 4.79 Å². The fourth-order valence-electron chi connectivity index (χ4n) is 3.91. The number of carbonyl (C=O) groups excluding carboxylic acids is 2. The lowest BCUT2D eigenvalue weighted by Gasteiger charge is -2.32. The Morgan fingerprint density at radius 2 is 2.00 bits per heavy atom. The third-order valence-electron chi connectivity index (χ3n) is 5.41. The SMILES string of the molecule is Cc1cccc2ncc(C(=O)N3C[C@H]4CC[C@@H](C3)N(C)C4=O)c(=O)n12. The van der Waals surface area contributed by atoms with E-state index in [9.17, 15) is 14.4 Å². The second kappa shape index (κ2) is 5.68. The van der Waals surface area contributed by atoms with Crippen molar-refractivity contribution in [2.45, 2.75) is 25.8 Å². The van der Waals surface area contributed by atoms with E-state index in [4.69, 9.17) is 0 Å². The lowest BCUT2D eigenvalue weighted by Crippen LogP contribution is -2.45. The minimum atomic E-state index is -0.357. The maximum absolute atomic E-state index is 13.0. The second-order valence-electron chi connectivity index (χ2n) is 6.93. The van der Waals surface area contributed by atoms with Gasteiger partial charge in [0.05, 0.1) is 5.92 Å². The fourth-order valence-corrected chi connectivity index (χ4v) is 3.91. The van der Waals surface area contributed by atoms with Crippen molar-refractivity contribution in [1.82, 2.24) is 19.2 Å². The summed E-state index contributed by atoms with van der Waals surface area (Å²) in [7, 11) is 1.79. The number of aryl methyl sites for hydroxylation is 1. The fraction of sp³-hybridized carbons (Fsp3) is 0.444. The molecule has 2 aromatic rings. The molecule has 0 aliphatic carbocycles. The van der Waals surface area contributed by atoms with Crippen molar-refractivity contribution in [1.29, 1.82) is 0 Å². The highest BCUT2D eigenvalue weighted by atomic mass is 16.2. The molecular weight excluding hydrogens is 320 g/mol. The van der Waals surface area contributed by atoms with Gasteiger partial charge in [0.1, 0.15) is 11.2 Å². The third kappa shape index (κ3) is 2.42. The van der Waals surface area contributed by atoms with Crippen LogP contribution in [0.15, 0.2) is 29.2 Å². The van der Waals surface area contributed by atoms with Crippen molar-refractivity contribution in [3.8, 4) is 0 Å². The highest BCUT2D eigenvalue weighted by Crippen LogP contribution is 2.28. The number of pyridine rings is 1. The molecule has 3 fully saturated rings. The molecule has 3 saturated heterocycles. The standard InChI is InChI=1S/C18H20N4O3/c1-11-4-3-5-15-19-8-14(18(25)22(11)15)17(24)21-9-12-6-7-13(10-21)20(2)16(12)23/h3-5,8,12-13H,6-7,9-10H2,1-2H3/t12-,13+/m1/s1. The van der Waals surface area contributed by atoms with Gasteiger partial charge in [0.15, 0.2) is 0 Å². The molecule has 2 atom stereocenters. The van der Waals surface area contributed by atoms with E-state index in [1.54, 1.807) is 22.9 Å². The van der Waals surface area contributed by atoms with Gasteiger partial charge in [0.25, 0.3) is 11.5 Å². The molecule has 0 saturated carbocycles. The molecule has 3 aliphatic heterocycles. The van der Waals surface area contributed by atoms with Crippen molar-refractivity contribution < 1.29 is 9.59 Å². The summed E-state index contributed by atoms with van der Waals surface area (Å²) in [6.07, 6.45) is 3.05. The summed E-state index contributed by atoms with van der Waals surface area (Å²) in [5.41, 5.74) is 0.954. The number of likely N-dealkylation sites (N-methyl/N-ethyl adjacent to an activating group) is 1. The zero-order valence-electron chi connectivity index (χ0n) is 14.3. The monoisotopic (exact) mass is 340 g/mol. The lowest BCUT2D eigenvalue weighted by atomic mass is 9.95. The van der Waals surface area contributed by atoms with E-state index in [1.165, 1.54) is 10.6 Å². The quantitative estimate of drug-likeness (QED) is 0.766. The van der Waals surface area contributed by atoms with Crippen molar-refractivity contribution in [3.05, 3.63) is 46.0 Å². The number of rotatable bonds is 1. The molecule has 25 heavy (non-hydrogen) atoms. The third-order valence-corrected chi connectivity index (χ3v) is 5.41. The van der Waals surface area contributed by atoms with Gasteiger partial charge in [-0.3, -0.25) is 18.8 Å². The molecule has 2 aromatic heterocycles. The minimum absolute atomic E-state index is 0.0214. The topological polar surface area (TPSA) is 75.0 Å². The number of piperidine rings is 1. The van der Waals surface area contributed by atoms with Crippen molar-refractivity contribution in [2.75, 3.05) is 20.1 Å². The van der Waals surface area contributed by atoms with Crippen molar-refractivity contribution in [3.63, 3.8) is 0 Å². The molecule has 5 heterocycles. The predicted octanol–water partition coefficient (Wildman–Crippen LogP) is 0.696. The summed E-state index contributed by atoms with van der Waals surface area (Å²) in [6, 6.07) is 5.40. The maximum atomic E-state index is 13.0. The summed E-state index contributed by atoms with van der Waals surface area (Å²) < 4.78 is 1.46. The highest BCUT2D eigenvalue weighted by Gasteiger charge is 2.40. The molecular formula is C18H20N4O3. The van der Waals surface area contributed by atoms with Crippen LogP contribution >= 0.6 is 0 Å². The first kappa shape index (κ1) is 15.8. The first-order valence-electron chi connectivity index (χ1n) is 8.50. The van der Waals surface area contributed by atoms with Crippen LogP contribution in [0.2, 0.25) is 0 Å². The highest BCUT2D eigenvalue weighted by molar-refractivity contribution is 5.94. The molecule has 7 nitrogen and oxygen atoms in total. The Bertz CT molecular complexity index is 936. The number of carbonyl (C=O) groups is 2. The van der Waals surface area contributed by atoms with Gasteiger partial charge in [-0.1, -0.05) is 6.07 Å². The van der Waals surface area contributed by atoms with Crippen molar-refractivity contribution in [2.24, 2.45) is 5.92 Å². The van der Waals surface area contributed by atoms with E-state index in [2.05, 4.69) is 4.98 Å². The Labute approximate surface area is 144 Å². The second-order valence-corrected chi connectivity index (χ2v) is 6.93. The van der Waals surface area contributed by atoms with E-state index < -0.39 is 0 Å². The lowest BCUT2D eigenvalue weighted by molar-refractivity contribution is -0.138. The number of amides is 2. The maximum Gasteiger partial charge on any atom is 0.270 e. The Balaban J connectivity index is 1.73.